The van der Waals surface area contributed by atoms with Crippen LogP contribution in [0.15, 0.2) is 23.3 Å². The summed E-state index contributed by atoms with van der Waals surface area (Å²) in [5.41, 5.74) is 6.22. The molecule has 8 heteroatoms. The van der Waals surface area contributed by atoms with E-state index in [1.807, 2.05) is 0 Å². The zero-order valence-electron chi connectivity index (χ0n) is 11.2. The van der Waals surface area contributed by atoms with Gasteiger partial charge in [0.2, 0.25) is 0 Å². The summed E-state index contributed by atoms with van der Waals surface area (Å²) >= 11 is 0. The second-order valence-electron chi connectivity index (χ2n) is 5.22. The van der Waals surface area contributed by atoms with Crippen LogP contribution in [0.1, 0.15) is 19.3 Å². The third kappa shape index (κ3) is 2.45. The van der Waals surface area contributed by atoms with E-state index >= 15 is 0 Å². The highest BCUT2D eigenvalue weighted by atomic mass is 16.6. The predicted octanol–water partition coefficient (Wildman–Crippen LogP) is 1.12. The number of fused-ring (bicyclic) bond motifs is 1. The second-order valence-corrected chi connectivity index (χ2v) is 5.22. The van der Waals surface area contributed by atoms with Gasteiger partial charge in [0.1, 0.15) is 5.69 Å². The van der Waals surface area contributed by atoms with Crippen molar-refractivity contribution in [1.29, 1.82) is 0 Å². The summed E-state index contributed by atoms with van der Waals surface area (Å²) in [6.45, 7) is 0. The van der Waals surface area contributed by atoms with E-state index in [1.165, 1.54) is 18.5 Å². The van der Waals surface area contributed by atoms with Crippen LogP contribution in [0, 0.1) is 10.1 Å². The second kappa shape index (κ2) is 5.13. The largest absolute Gasteiger partial charge is 0.375 e. The van der Waals surface area contributed by atoms with Crippen LogP contribution in [0.25, 0.3) is 10.9 Å². The molecule has 8 nitrogen and oxygen atoms in total. The molecule has 0 aliphatic heterocycles. The van der Waals surface area contributed by atoms with Gasteiger partial charge in [0.15, 0.2) is 0 Å². The molecule has 21 heavy (non-hydrogen) atoms. The molecule has 110 valence electrons. The Balaban J connectivity index is 2.09. The van der Waals surface area contributed by atoms with Gasteiger partial charge >= 0.3 is 0 Å². The fraction of sp³-hybridized carbons (Fsp3) is 0.385. The van der Waals surface area contributed by atoms with Gasteiger partial charge in [0, 0.05) is 18.2 Å². The zero-order valence-corrected chi connectivity index (χ0v) is 11.2. The van der Waals surface area contributed by atoms with E-state index in [0.717, 1.165) is 19.3 Å². The van der Waals surface area contributed by atoms with Gasteiger partial charge in [-0.2, -0.15) is 0 Å². The van der Waals surface area contributed by atoms with Crippen molar-refractivity contribution in [3.63, 3.8) is 0 Å². The highest BCUT2D eigenvalue weighted by Crippen LogP contribution is 2.31. The molecule has 0 radical (unpaired) electrons. The Bertz CT molecular complexity index is 757. The third-order valence-corrected chi connectivity index (χ3v) is 3.86. The minimum Gasteiger partial charge on any atom is -0.375 e. The predicted molar refractivity (Wildman–Crippen MR) is 78.3 cm³/mol. The standard InChI is InChI=1S/C13H15N5O3/c14-8-2-1-3-9(8)17-11-5-10-7(4-12(11)18(20)21)13(19)16-6-15-10/h4-6,8-9,17H,1-3,14H2,(H,15,16,19). The molecule has 1 saturated carbocycles. The minimum atomic E-state index is -0.505. The van der Waals surface area contributed by atoms with Gasteiger partial charge in [-0.05, 0) is 25.3 Å². The van der Waals surface area contributed by atoms with E-state index in [2.05, 4.69) is 15.3 Å². The molecule has 0 spiro atoms. The highest BCUT2D eigenvalue weighted by molar-refractivity contribution is 5.86. The quantitative estimate of drug-likeness (QED) is 0.574. The van der Waals surface area contributed by atoms with Crippen LogP contribution in [-0.2, 0) is 0 Å². The van der Waals surface area contributed by atoms with E-state index < -0.39 is 10.5 Å². The lowest BCUT2D eigenvalue weighted by Crippen LogP contribution is -2.35. The monoisotopic (exact) mass is 289 g/mol. The fourth-order valence-electron chi connectivity index (χ4n) is 2.74. The molecule has 3 rings (SSSR count). The first kappa shape index (κ1) is 13.5. The average Bonchev–Trinajstić information content (AvgIpc) is 2.84. The number of anilines is 1. The first-order valence-electron chi connectivity index (χ1n) is 6.74. The molecule has 1 heterocycles. The van der Waals surface area contributed by atoms with Crippen molar-refractivity contribution in [2.45, 2.75) is 31.3 Å². The van der Waals surface area contributed by atoms with Gasteiger partial charge in [0.25, 0.3) is 11.2 Å². The molecule has 1 aromatic heterocycles. The van der Waals surface area contributed by atoms with E-state index in [4.69, 9.17) is 5.73 Å². The first-order valence-corrected chi connectivity index (χ1v) is 6.74. The SMILES string of the molecule is NC1CCCC1Nc1cc2nc[nH]c(=O)c2cc1[N+](=O)[O-]. The third-order valence-electron chi connectivity index (χ3n) is 3.86. The van der Waals surface area contributed by atoms with Gasteiger partial charge in [0.05, 0.1) is 22.2 Å². The van der Waals surface area contributed by atoms with Gasteiger partial charge in [-0.25, -0.2) is 4.98 Å². The molecule has 2 atom stereocenters. The van der Waals surface area contributed by atoms with Crippen LogP contribution >= 0.6 is 0 Å². The Kier molecular flexibility index (Phi) is 3.30. The molecule has 2 unspecified atom stereocenters. The van der Waals surface area contributed by atoms with Crippen LogP contribution in [0.4, 0.5) is 11.4 Å². The number of nitrogens with two attached hydrogens (primary N) is 1. The van der Waals surface area contributed by atoms with Gasteiger partial charge in [-0.1, -0.05) is 0 Å². The van der Waals surface area contributed by atoms with Crippen LogP contribution < -0.4 is 16.6 Å². The first-order chi connectivity index (χ1) is 10.1. The van der Waals surface area contributed by atoms with E-state index in [0.29, 0.717) is 11.2 Å². The number of nitro benzene ring substituents is 1. The molecule has 1 aliphatic rings. The number of nitrogens with zero attached hydrogens (tertiary/aromatic N) is 2. The molecule has 2 aromatic rings. The average molecular weight is 289 g/mol. The normalized spacial score (nSPS) is 21.6. The van der Waals surface area contributed by atoms with Gasteiger partial charge in [-0.3, -0.25) is 14.9 Å². The zero-order chi connectivity index (χ0) is 15.0. The Morgan fingerprint density at radius 1 is 1.43 bits per heavy atom. The fourth-order valence-corrected chi connectivity index (χ4v) is 2.74. The van der Waals surface area contributed by atoms with E-state index in [9.17, 15) is 14.9 Å². The number of hydrogen-bond acceptors (Lipinski definition) is 6. The number of aromatic nitrogens is 2. The summed E-state index contributed by atoms with van der Waals surface area (Å²) < 4.78 is 0. The lowest BCUT2D eigenvalue weighted by Gasteiger charge is -2.18. The summed E-state index contributed by atoms with van der Waals surface area (Å²) in [7, 11) is 0. The maximum Gasteiger partial charge on any atom is 0.293 e. The minimum absolute atomic E-state index is 0.00291. The summed E-state index contributed by atoms with van der Waals surface area (Å²) in [6, 6.07) is 2.77. The molecule has 1 aliphatic carbocycles. The highest BCUT2D eigenvalue weighted by Gasteiger charge is 2.26. The molecular weight excluding hydrogens is 274 g/mol. The van der Waals surface area contributed by atoms with Crippen LogP contribution in [0.2, 0.25) is 0 Å². The lowest BCUT2D eigenvalue weighted by atomic mass is 10.1. The number of benzene rings is 1. The van der Waals surface area contributed by atoms with Crippen molar-refractivity contribution >= 4 is 22.3 Å². The summed E-state index contributed by atoms with van der Waals surface area (Å²) in [4.78, 5) is 28.9. The summed E-state index contributed by atoms with van der Waals surface area (Å²) in [5, 5.41) is 14.6. The molecule has 4 N–H and O–H groups in total. The molecule has 0 bridgehead atoms. The Labute approximate surface area is 119 Å². The van der Waals surface area contributed by atoms with Crippen LogP contribution in [0.5, 0.6) is 0 Å². The van der Waals surface area contributed by atoms with Crippen LogP contribution in [-0.4, -0.2) is 27.0 Å². The summed E-state index contributed by atoms with van der Waals surface area (Å²) in [5.74, 6) is 0. The maximum atomic E-state index is 11.7. The smallest absolute Gasteiger partial charge is 0.293 e. The van der Waals surface area contributed by atoms with Crippen molar-refractivity contribution in [3.8, 4) is 0 Å². The number of aromatic amines is 1. The van der Waals surface area contributed by atoms with E-state index in [-0.39, 0.29) is 23.2 Å². The van der Waals surface area contributed by atoms with Crippen molar-refractivity contribution < 1.29 is 4.92 Å². The number of rotatable bonds is 3. The summed E-state index contributed by atoms with van der Waals surface area (Å²) in [6.07, 6.45) is 4.05. The number of nitrogens with one attached hydrogen (secondary N) is 2. The molecular formula is C13H15N5O3. The number of H-pyrrole nitrogens is 1. The van der Waals surface area contributed by atoms with Crippen molar-refractivity contribution in [2.24, 2.45) is 5.73 Å². The maximum absolute atomic E-state index is 11.7. The van der Waals surface area contributed by atoms with Crippen molar-refractivity contribution in [3.05, 3.63) is 38.9 Å². The van der Waals surface area contributed by atoms with Gasteiger partial charge in [-0.15, -0.1) is 0 Å². The Morgan fingerprint density at radius 3 is 2.90 bits per heavy atom. The molecule has 0 saturated heterocycles. The molecule has 1 fully saturated rings. The molecule has 0 amide bonds. The topological polar surface area (TPSA) is 127 Å². The number of hydrogen-bond donors (Lipinski definition) is 3. The van der Waals surface area contributed by atoms with Gasteiger partial charge < -0.3 is 16.0 Å². The van der Waals surface area contributed by atoms with Crippen LogP contribution in [0.3, 0.4) is 0 Å². The Hall–Kier alpha value is -2.48. The number of nitro groups is 1. The lowest BCUT2D eigenvalue weighted by molar-refractivity contribution is -0.383. The van der Waals surface area contributed by atoms with Crippen molar-refractivity contribution in [1.82, 2.24) is 9.97 Å². The Morgan fingerprint density at radius 2 is 2.24 bits per heavy atom. The van der Waals surface area contributed by atoms with E-state index in [1.54, 1.807) is 0 Å². The molecule has 1 aromatic carbocycles. The van der Waals surface area contributed by atoms with Crippen molar-refractivity contribution in [2.75, 3.05) is 5.32 Å².